The molecule has 0 spiro atoms. The fourth-order valence-corrected chi connectivity index (χ4v) is 5.71. The third-order valence-corrected chi connectivity index (χ3v) is 7.50. The summed E-state index contributed by atoms with van der Waals surface area (Å²) in [5.41, 5.74) is 0. The van der Waals surface area contributed by atoms with Crippen molar-refractivity contribution in [3.63, 3.8) is 0 Å². The van der Waals surface area contributed by atoms with E-state index >= 15 is 0 Å². The normalized spacial score (nSPS) is 24.9. The molecule has 28 heavy (non-hydrogen) atoms. The predicted molar refractivity (Wildman–Crippen MR) is 108 cm³/mol. The van der Waals surface area contributed by atoms with E-state index in [9.17, 15) is 13.2 Å². The fourth-order valence-electron chi connectivity index (χ4n) is 4.29. The van der Waals surface area contributed by atoms with Crippen molar-refractivity contribution in [2.75, 3.05) is 52.9 Å². The Balaban J connectivity index is 1.55. The smallest absolute Gasteiger partial charge is 0.243 e. The SMILES string of the molecule is COc1ccc(S(=O)(=O)N2CCN(C(=O)CN3C[C@H](C)C[C@@H](C)C3)CC2)cc1. The van der Waals surface area contributed by atoms with E-state index in [-0.39, 0.29) is 10.8 Å². The molecule has 0 unspecified atom stereocenters. The summed E-state index contributed by atoms with van der Waals surface area (Å²) in [5, 5.41) is 0. The van der Waals surface area contributed by atoms with Crippen molar-refractivity contribution < 1.29 is 17.9 Å². The van der Waals surface area contributed by atoms with Crippen molar-refractivity contribution in [2.24, 2.45) is 11.8 Å². The Morgan fingerprint density at radius 1 is 1.04 bits per heavy atom. The lowest BCUT2D eigenvalue weighted by molar-refractivity contribution is -0.134. The van der Waals surface area contributed by atoms with Crippen molar-refractivity contribution in [3.8, 4) is 5.75 Å². The van der Waals surface area contributed by atoms with Crippen LogP contribution in [0.4, 0.5) is 0 Å². The number of carbonyl (C=O) groups is 1. The average molecular weight is 410 g/mol. The Labute approximate surface area is 168 Å². The lowest BCUT2D eigenvalue weighted by Crippen LogP contribution is -2.53. The van der Waals surface area contributed by atoms with Gasteiger partial charge in [0.25, 0.3) is 0 Å². The Hall–Kier alpha value is -1.64. The van der Waals surface area contributed by atoms with Gasteiger partial charge in [0.2, 0.25) is 15.9 Å². The number of rotatable bonds is 5. The zero-order valence-electron chi connectivity index (χ0n) is 17.0. The Morgan fingerprint density at radius 3 is 2.14 bits per heavy atom. The molecule has 2 aliphatic heterocycles. The van der Waals surface area contributed by atoms with Crippen LogP contribution in [0.2, 0.25) is 0 Å². The van der Waals surface area contributed by atoms with Gasteiger partial charge in [-0.05, 0) is 42.5 Å². The van der Waals surface area contributed by atoms with Crippen LogP contribution in [-0.2, 0) is 14.8 Å². The highest BCUT2D eigenvalue weighted by molar-refractivity contribution is 7.89. The number of hydrogen-bond donors (Lipinski definition) is 0. The number of benzene rings is 1. The number of hydrogen-bond acceptors (Lipinski definition) is 5. The molecule has 2 atom stereocenters. The topological polar surface area (TPSA) is 70.2 Å². The number of sulfonamides is 1. The lowest BCUT2D eigenvalue weighted by Gasteiger charge is -2.38. The Morgan fingerprint density at radius 2 is 1.61 bits per heavy atom. The van der Waals surface area contributed by atoms with Crippen molar-refractivity contribution in [1.29, 1.82) is 0 Å². The third kappa shape index (κ3) is 4.85. The van der Waals surface area contributed by atoms with E-state index in [1.165, 1.54) is 10.7 Å². The highest BCUT2D eigenvalue weighted by Gasteiger charge is 2.31. The van der Waals surface area contributed by atoms with Gasteiger partial charge in [-0.15, -0.1) is 0 Å². The maximum atomic E-state index is 12.8. The minimum atomic E-state index is -3.55. The summed E-state index contributed by atoms with van der Waals surface area (Å²) in [6.45, 7) is 8.34. The van der Waals surface area contributed by atoms with Crippen LogP contribution >= 0.6 is 0 Å². The average Bonchev–Trinajstić information content (AvgIpc) is 2.67. The Bertz CT molecular complexity index is 763. The maximum absolute atomic E-state index is 12.8. The van der Waals surface area contributed by atoms with Gasteiger partial charge in [0.15, 0.2) is 0 Å². The maximum Gasteiger partial charge on any atom is 0.243 e. The molecular formula is C20H31N3O4S. The number of methoxy groups -OCH3 is 1. The first-order valence-corrected chi connectivity index (χ1v) is 11.4. The number of nitrogens with zero attached hydrogens (tertiary/aromatic N) is 3. The van der Waals surface area contributed by atoms with E-state index in [1.54, 1.807) is 36.3 Å². The molecule has 0 aliphatic carbocycles. The summed E-state index contributed by atoms with van der Waals surface area (Å²) >= 11 is 0. The molecule has 2 saturated heterocycles. The van der Waals surface area contributed by atoms with E-state index in [1.807, 2.05) is 0 Å². The highest BCUT2D eigenvalue weighted by Crippen LogP contribution is 2.22. The summed E-state index contributed by atoms with van der Waals surface area (Å²) in [6, 6.07) is 6.41. The van der Waals surface area contributed by atoms with E-state index in [2.05, 4.69) is 18.7 Å². The Kier molecular flexibility index (Phi) is 6.62. The summed E-state index contributed by atoms with van der Waals surface area (Å²) in [5.74, 6) is 1.95. The van der Waals surface area contributed by atoms with Gasteiger partial charge in [-0.25, -0.2) is 8.42 Å². The van der Waals surface area contributed by atoms with Crippen molar-refractivity contribution in [1.82, 2.24) is 14.1 Å². The van der Waals surface area contributed by atoms with E-state index in [0.29, 0.717) is 50.3 Å². The van der Waals surface area contributed by atoms with Gasteiger partial charge >= 0.3 is 0 Å². The molecule has 1 aromatic carbocycles. The van der Waals surface area contributed by atoms with Crippen LogP contribution in [0.25, 0.3) is 0 Å². The molecule has 0 saturated carbocycles. The van der Waals surface area contributed by atoms with Gasteiger partial charge in [-0.2, -0.15) is 4.31 Å². The summed E-state index contributed by atoms with van der Waals surface area (Å²) in [6.07, 6.45) is 1.21. The predicted octanol–water partition coefficient (Wildman–Crippen LogP) is 1.51. The second kappa shape index (κ2) is 8.80. The van der Waals surface area contributed by atoms with Crippen LogP contribution in [0.1, 0.15) is 20.3 Å². The number of amides is 1. The summed E-state index contributed by atoms with van der Waals surface area (Å²) in [4.78, 5) is 17.0. The van der Waals surface area contributed by atoms with Crippen LogP contribution in [0, 0.1) is 11.8 Å². The van der Waals surface area contributed by atoms with Crippen LogP contribution in [0.5, 0.6) is 5.75 Å². The van der Waals surface area contributed by atoms with Crippen LogP contribution in [0.3, 0.4) is 0 Å². The first kappa shape index (κ1) is 21.1. The standard InChI is InChI=1S/C20H31N3O4S/c1-16-12-17(2)14-21(13-16)15-20(24)22-8-10-23(11-9-22)28(25,26)19-6-4-18(27-3)5-7-19/h4-7,16-17H,8-15H2,1-3H3/t16-,17-/m1/s1. The fraction of sp³-hybridized carbons (Fsp3) is 0.650. The molecule has 0 radical (unpaired) electrons. The van der Waals surface area contributed by atoms with Crippen LogP contribution < -0.4 is 4.74 Å². The van der Waals surface area contributed by atoms with Crippen molar-refractivity contribution >= 4 is 15.9 Å². The van der Waals surface area contributed by atoms with Crippen molar-refractivity contribution in [2.45, 2.75) is 25.2 Å². The minimum absolute atomic E-state index is 0.0998. The molecule has 8 heteroatoms. The largest absolute Gasteiger partial charge is 0.497 e. The lowest BCUT2D eigenvalue weighted by atomic mass is 9.92. The van der Waals surface area contributed by atoms with Gasteiger partial charge in [0, 0.05) is 39.3 Å². The number of piperazine rings is 1. The molecule has 1 amide bonds. The molecular weight excluding hydrogens is 378 g/mol. The number of carbonyl (C=O) groups excluding carboxylic acids is 1. The first-order valence-electron chi connectivity index (χ1n) is 9.94. The molecule has 0 aromatic heterocycles. The zero-order valence-corrected chi connectivity index (χ0v) is 17.8. The molecule has 0 N–H and O–H groups in total. The highest BCUT2D eigenvalue weighted by atomic mass is 32.2. The van der Waals surface area contributed by atoms with E-state index in [0.717, 1.165) is 13.1 Å². The molecule has 1 aromatic rings. The van der Waals surface area contributed by atoms with E-state index in [4.69, 9.17) is 4.74 Å². The molecule has 3 rings (SSSR count). The quantitative estimate of drug-likeness (QED) is 0.737. The van der Waals surface area contributed by atoms with Gasteiger partial charge in [0.1, 0.15) is 5.75 Å². The second-order valence-electron chi connectivity index (χ2n) is 8.10. The molecule has 2 fully saturated rings. The molecule has 0 bridgehead atoms. The van der Waals surface area contributed by atoms with Gasteiger partial charge in [-0.1, -0.05) is 13.8 Å². The third-order valence-electron chi connectivity index (χ3n) is 5.59. The second-order valence-corrected chi connectivity index (χ2v) is 10.0. The van der Waals surface area contributed by atoms with E-state index < -0.39 is 10.0 Å². The monoisotopic (exact) mass is 409 g/mol. The van der Waals surface area contributed by atoms with Gasteiger partial charge in [-0.3, -0.25) is 9.69 Å². The molecule has 7 nitrogen and oxygen atoms in total. The minimum Gasteiger partial charge on any atom is -0.497 e. The van der Waals surface area contributed by atoms with Crippen molar-refractivity contribution in [3.05, 3.63) is 24.3 Å². The summed E-state index contributed by atoms with van der Waals surface area (Å²) in [7, 11) is -2.00. The summed E-state index contributed by atoms with van der Waals surface area (Å²) < 4.78 is 32.2. The van der Waals surface area contributed by atoms with Gasteiger partial charge < -0.3 is 9.64 Å². The zero-order chi connectivity index (χ0) is 20.3. The van der Waals surface area contributed by atoms with Crippen LogP contribution in [-0.4, -0.2) is 81.4 Å². The molecule has 2 aliphatic rings. The number of ether oxygens (including phenoxy) is 1. The number of likely N-dealkylation sites (tertiary alicyclic amines) is 1. The number of piperidine rings is 1. The first-order chi connectivity index (χ1) is 13.3. The van der Waals surface area contributed by atoms with Gasteiger partial charge in [0.05, 0.1) is 18.6 Å². The molecule has 156 valence electrons. The van der Waals surface area contributed by atoms with Crippen LogP contribution in [0.15, 0.2) is 29.2 Å². The molecule has 2 heterocycles.